The van der Waals surface area contributed by atoms with Crippen molar-refractivity contribution in [2.24, 2.45) is 24.1 Å². The van der Waals surface area contributed by atoms with Gasteiger partial charge in [-0.15, -0.1) is 12.4 Å². The van der Waals surface area contributed by atoms with Gasteiger partial charge in [0, 0.05) is 13.1 Å². The van der Waals surface area contributed by atoms with Gasteiger partial charge < -0.3 is 11.1 Å². The van der Waals surface area contributed by atoms with E-state index in [0.717, 1.165) is 12.1 Å². The van der Waals surface area contributed by atoms with Crippen molar-refractivity contribution in [3.05, 3.63) is 11.8 Å². The van der Waals surface area contributed by atoms with Gasteiger partial charge in [-0.05, 0) is 17.8 Å². The molecular formula is C14H27ClN4O. The van der Waals surface area contributed by atoms with Crippen LogP contribution in [0.25, 0.3) is 0 Å². The second-order valence-electron chi connectivity index (χ2n) is 6.64. The minimum atomic E-state index is -0.499. The van der Waals surface area contributed by atoms with Crippen LogP contribution in [0.2, 0.25) is 0 Å². The average molecular weight is 303 g/mol. The van der Waals surface area contributed by atoms with E-state index >= 15 is 0 Å². The molecule has 0 bridgehead atoms. The minimum absolute atomic E-state index is 0. The molecule has 0 spiro atoms. The molecule has 1 amide bonds. The molecule has 0 unspecified atom stereocenters. The van der Waals surface area contributed by atoms with E-state index in [1.54, 1.807) is 4.68 Å². The molecule has 0 saturated heterocycles. The Hall–Kier alpha value is -1.07. The van der Waals surface area contributed by atoms with Crippen molar-refractivity contribution in [3.8, 4) is 0 Å². The molecule has 0 radical (unpaired) electrons. The third kappa shape index (κ3) is 5.51. The largest absolute Gasteiger partial charge is 0.320 e. The first-order chi connectivity index (χ1) is 8.60. The first-order valence-electron chi connectivity index (χ1n) is 6.69. The summed E-state index contributed by atoms with van der Waals surface area (Å²) in [6.07, 6.45) is 0.868. The van der Waals surface area contributed by atoms with Crippen LogP contribution in [0.5, 0.6) is 0 Å². The molecule has 1 heterocycles. The summed E-state index contributed by atoms with van der Waals surface area (Å²) >= 11 is 0. The number of halogens is 1. The summed E-state index contributed by atoms with van der Waals surface area (Å²) in [5.74, 6) is 0.642. The lowest BCUT2D eigenvalue weighted by Crippen LogP contribution is -2.40. The molecule has 1 aromatic heterocycles. The van der Waals surface area contributed by atoms with Gasteiger partial charge in [0.05, 0.1) is 11.7 Å². The number of hydrogen-bond acceptors (Lipinski definition) is 3. The summed E-state index contributed by atoms with van der Waals surface area (Å²) in [5.41, 5.74) is 6.97. The first kappa shape index (κ1) is 18.9. The van der Waals surface area contributed by atoms with Crippen LogP contribution in [0.4, 0.5) is 5.82 Å². The van der Waals surface area contributed by atoms with E-state index in [1.807, 2.05) is 27.0 Å². The lowest BCUT2D eigenvalue weighted by molar-refractivity contribution is -0.118. The van der Waals surface area contributed by atoms with E-state index in [0.29, 0.717) is 5.82 Å². The van der Waals surface area contributed by atoms with Crippen molar-refractivity contribution in [1.82, 2.24) is 9.78 Å². The highest BCUT2D eigenvalue weighted by Crippen LogP contribution is 2.21. The molecule has 0 aliphatic heterocycles. The number of nitrogens with two attached hydrogens (primary N) is 1. The number of amides is 1. The molecule has 116 valence electrons. The number of hydrogen-bond donors (Lipinski definition) is 2. The number of aryl methyl sites for hydroxylation is 1. The van der Waals surface area contributed by atoms with Gasteiger partial charge in [0.15, 0.2) is 0 Å². The topological polar surface area (TPSA) is 72.9 Å². The van der Waals surface area contributed by atoms with Gasteiger partial charge in [0.2, 0.25) is 5.91 Å². The highest BCUT2D eigenvalue weighted by molar-refractivity contribution is 5.94. The Morgan fingerprint density at radius 1 is 1.45 bits per heavy atom. The van der Waals surface area contributed by atoms with Gasteiger partial charge >= 0.3 is 0 Å². The minimum Gasteiger partial charge on any atom is -0.320 e. The molecule has 0 aliphatic carbocycles. The molecule has 5 nitrogen and oxygen atoms in total. The SMILES string of the molecule is CC(C)[C@H](N)C(=O)Nc1cc(CC(C)(C)C)nn1C.Cl. The van der Waals surface area contributed by atoms with E-state index in [-0.39, 0.29) is 29.6 Å². The lowest BCUT2D eigenvalue weighted by atomic mass is 9.91. The zero-order chi connectivity index (χ0) is 14.8. The monoisotopic (exact) mass is 302 g/mol. The molecule has 0 fully saturated rings. The Bertz CT molecular complexity index is 449. The molecule has 3 N–H and O–H groups in total. The van der Waals surface area contributed by atoms with Crippen LogP contribution in [-0.4, -0.2) is 21.7 Å². The molecule has 1 atom stereocenters. The third-order valence-electron chi connectivity index (χ3n) is 2.91. The quantitative estimate of drug-likeness (QED) is 0.896. The molecule has 0 saturated carbocycles. The van der Waals surface area contributed by atoms with Crippen LogP contribution in [0.3, 0.4) is 0 Å². The van der Waals surface area contributed by atoms with Crippen LogP contribution in [-0.2, 0) is 18.3 Å². The summed E-state index contributed by atoms with van der Waals surface area (Å²) in [4.78, 5) is 11.9. The van der Waals surface area contributed by atoms with Gasteiger partial charge in [-0.25, -0.2) is 0 Å². The predicted molar refractivity (Wildman–Crippen MR) is 85.1 cm³/mol. The second kappa shape index (κ2) is 7.09. The fourth-order valence-corrected chi connectivity index (χ4v) is 1.79. The van der Waals surface area contributed by atoms with Crippen LogP contribution >= 0.6 is 12.4 Å². The number of nitrogens with one attached hydrogen (secondary N) is 1. The van der Waals surface area contributed by atoms with Crippen molar-refractivity contribution < 1.29 is 4.79 Å². The summed E-state index contributed by atoms with van der Waals surface area (Å²) in [7, 11) is 1.82. The van der Waals surface area contributed by atoms with Crippen molar-refractivity contribution in [1.29, 1.82) is 0 Å². The van der Waals surface area contributed by atoms with Crippen LogP contribution in [0.15, 0.2) is 6.07 Å². The average Bonchev–Trinajstić information content (AvgIpc) is 2.54. The summed E-state index contributed by atoms with van der Waals surface area (Å²) in [6.45, 7) is 10.3. The van der Waals surface area contributed by atoms with E-state index in [2.05, 4.69) is 31.2 Å². The number of aromatic nitrogens is 2. The van der Waals surface area contributed by atoms with Gasteiger partial charge in [-0.1, -0.05) is 34.6 Å². The third-order valence-corrected chi connectivity index (χ3v) is 2.91. The highest BCUT2D eigenvalue weighted by Gasteiger charge is 2.20. The standard InChI is InChI=1S/C14H26N4O.ClH/c1-9(2)12(15)13(19)16-11-7-10(17-18(11)6)8-14(3,4)5;/h7,9,12H,8,15H2,1-6H3,(H,16,19);1H/t12-;/m0./s1. The Kier molecular flexibility index (Phi) is 6.71. The zero-order valence-corrected chi connectivity index (χ0v) is 14.0. The lowest BCUT2D eigenvalue weighted by Gasteiger charge is -2.15. The van der Waals surface area contributed by atoms with Crippen molar-refractivity contribution >= 4 is 24.1 Å². The number of anilines is 1. The molecule has 0 aliphatic rings. The molecule has 6 heteroatoms. The normalized spacial score (nSPS) is 13.0. The number of carbonyl (C=O) groups is 1. The second-order valence-corrected chi connectivity index (χ2v) is 6.64. The maximum Gasteiger partial charge on any atom is 0.242 e. The Balaban J connectivity index is 0.00000361. The van der Waals surface area contributed by atoms with Crippen LogP contribution < -0.4 is 11.1 Å². The Morgan fingerprint density at radius 3 is 2.45 bits per heavy atom. The van der Waals surface area contributed by atoms with Gasteiger partial charge in [0.25, 0.3) is 0 Å². The van der Waals surface area contributed by atoms with Gasteiger partial charge in [-0.2, -0.15) is 5.10 Å². The van der Waals surface area contributed by atoms with Crippen LogP contribution in [0, 0.1) is 11.3 Å². The highest BCUT2D eigenvalue weighted by atomic mass is 35.5. The van der Waals surface area contributed by atoms with Crippen molar-refractivity contribution in [2.45, 2.75) is 47.1 Å². The van der Waals surface area contributed by atoms with E-state index in [4.69, 9.17) is 5.73 Å². The number of rotatable bonds is 4. The Morgan fingerprint density at radius 2 is 2.00 bits per heavy atom. The van der Waals surface area contributed by atoms with Gasteiger partial charge in [-0.3, -0.25) is 9.48 Å². The number of nitrogens with zero attached hydrogens (tertiary/aromatic N) is 2. The summed E-state index contributed by atoms with van der Waals surface area (Å²) < 4.78 is 1.69. The van der Waals surface area contributed by atoms with E-state index < -0.39 is 6.04 Å². The molecule has 1 rings (SSSR count). The summed E-state index contributed by atoms with van der Waals surface area (Å²) in [5, 5.41) is 7.25. The number of carbonyl (C=O) groups excluding carboxylic acids is 1. The van der Waals surface area contributed by atoms with Crippen molar-refractivity contribution in [3.63, 3.8) is 0 Å². The van der Waals surface area contributed by atoms with Gasteiger partial charge in [0.1, 0.15) is 5.82 Å². The van der Waals surface area contributed by atoms with E-state index in [1.165, 1.54) is 0 Å². The van der Waals surface area contributed by atoms with E-state index in [9.17, 15) is 4.79 Å². The summed E-state index contributed by atoms with van der Waals surface area (Å²) in [6, 6.07) is 1.41. The maximum atomic E-state index is 11.9. The Labute approximate surface area is 127 Å². The molecular weight excluding hydrogens is 276 g/mol. The predicted octanol–water partition coefficient (Wildman–Crippen LogP) is 2.35. The fraction of sp³-hybridized carbons (Fsp3) is 0.714. The maximum absolute atomic E-state index is 11.9. The molecule has 0 aromatic carbocycles. The van der Waals surface area contributed by atoms with Crippen LogP contribution in [0.1, 0.15) is 40.3 Å². The first-order valence-corrected chi connectivity index (χ1v) is 6.69. The fourth-order valence-electron chi connectivity index (χ4n) is 1.79. The zero-order valence-electron chi connectivity index (χ0n) is 13.2. The molecule has 1 aromatic rings. The smallest absolute Gasteiger partial charge is 0.242 e. The molecule has 20 heavy (non-hydrogen) atoms. The van der Waals surface area contributed by atoms with Crippen molar-refractivity contribution in [2.75, 3.05) is 5.32 Å².